The summed E-state index contributed by atoms with van der Waals surface area (Å²) in [6.07, 6.45) is 0.578. The number of amides is 1. The van der Waals surface area contributed by atoms with Crippen molar-refractivity contribution in [3.8, 4) is 5.75 Å². The Bertz CT molecular complexity index is 399. The lowest BCUT2D eigenvalue weighted by atomic mass is 10.1. The van der Waals surface area contributed by atoms with Crippen LogP contribution in [-0.2, 0) is 0 Å². The van der Waals surface area contributed by atoms with Crippen molar-refractivity contribution in [3.63, 3.8) is 0 Å². The van der Waals surface area contributed by atoms with E-state index in [1.165, 1.54) is 0 Å². The van der Waals surface area contributed by atoms with Crippen LogP contribution in [0.2, 0.25) is 0 Å². The molecule has 1 fully saturated rings. The number of benzene rings is 1. The van der Waals surface area contributed by atoms with Gasteiger partial charge in [0.15, 0.2) is 0 Å². The van der Waals surface area contributed by atoms with Gasteiger partial charge < -0.3 is 14.7 Å². The zero-order valence-electron chi connectivity index (χ0n) is 9.93. The van der Waals surface area contributed by atoms with Crippen molar-refractivity contribution in [3.05, 3.63) is 29.8 Å². The topological polar surface area (TPSA) is 49.8 Å². The molecule has 1 aliphatic rings. The van der Waals surface area contributed by atoms with E-state index in [0.29, 0.717) is 25.3 Å². The van der Waals surface area contributed by atoms with Crippen molar-refractivity contribution in [2.45, 2.75) is 19.4 Å². The first-order valence-corrected chi connectivity index (χ1v) is 5.91. The number of β-amino-alcohol motifs (C(OH)–C–C–N with tert-alkyl or cyclic N) is 1. The summed E-state index contributed by atoms with van der Waals surface area (Å²) in [6, 6.07) is 7.18. The maximum absolute atomic E-state index is 12.0. The molecule has 0 atom stereocenters. The lowest BCUT2D eigenvalue weighted by Crippen LogP contribution is -2.53. The van der Waals surface area contributed by atoms with Crippen LogP contribution < -0.4 is 4.74 Å². The van der Waals surface area contributed by atoms with E-state index >= 15 is 0 Å². The van der Waals surface area contributed by atoms with Gasteiger partial charge in [-0.15, -0.1) is 0 Å². The lowest BCUT2D eigenvalue weighted by molar-refractivity contribution is 0.00587. The quantitative estimate of drug-likeness (QED) is 0.855. The minimum absolute atomic E-state index is 0.0442. The number of hydrogen-bond donors (Lipinski definition) is 1. The molecule has 1 N–H and O–H groups in total. The van der Waals surface area contributed by atoms with E-state index in [-0.39, 0.29) is 12.0 Å². The minimum atomic E-state index is -0.363. The van der Waals surface area contributed by atoms with Gasteiger partial charge in [-0.05, 0) is 24.6 Å². The highest BCUT2D eigenvalue weighted by Gasteiger charge is 2.29. The van der Waals surface area contributed by atoms with Gasteiger partial charge in [-0.1, -0.05) is 13.0 Å². The van der Waals surface area contributed by atoms with Crippen LogP contribution in [0.5, 0.6) is 5.75 Å². The molecule has 1 saturated heterocycles. The van der Waals surface area contributed by atoms with E-state index in [0.717, 1.165) is 12.2 Å². The summed E-state index contributed by atoms with van der Waals surface area (Å²) in [6.45, 7) is 3.55. The Balaban J connectivity index is 2.02. The summed E-state index contributed by atoms with van der Waals surface area (Å²) in [5.74, 6) is 0.677. The van der Waals surface area contributed by atoms with Crippen LogP contribution in [0.3, 0.4) is 0 Å². The first-order valence-electron chi connectivity index (χ1n) is 5.91. The van der Waals surface area contributed by atoms with Crippen LogP contribution in [0, 0.1) is 0 Å². The molecule has 0 aliphatic carbocycles. The Labute approximate surface area is 101 Å². The normalized spacial score (nSPS) is 15.5. The van der Waals surface area contributed by atoms with Crippen LogP contribution in [-0.4, -0.2) is 41.7 Å². The lowest BCUT2D eigenvalue weighted by Gasteiger charge is -2.35. The molecule has 1 amide bonds. The fourth-order valence-corrected chi connectivity index (χ4v) is 1.74. The highest BCUT2D eigenvalue weighted by molar-refractivity contribution is 5.95. The molecule has 2 rings (SSSR count). The SMILES string of the molecule is CCCOc1cccc(C(=O)N2CC(O)C2)c1. The molecule has 1 aliphatic heterocycles. The van der Waals surface area contributed by atoms with Gasteiger partial charge in [0.05, 0.1) is 12.7 Å². The molecule has 0 saturated carbocycles. The van der Waals surface area contributed by atoms with Crippen molar-refractivity contribution >= 4 is 5.91 Å². The summed E-state index contributed by atoms with van der Waals surface area (Å²) >= 11 is 0. The number of carbonyl (C=O) groups is 1. The molecule has 1 heterocycles. The van der Waals surface area contributed by atoms with Crippen molar-refractivity contribution in [2.75, 3.05) is 19.7 Å². The number of likely N-dealkylation sites (tertiary alicyclic amines) is 1. The third-order valence-corrected chi connectivity index (χ3v) is 2.70. The van der Waals surface area contributed by atoms with Gasteiger partial charge in [0.25, 0.3) is 5.91 Å². The van der Waals surface area contributed by atoms with Crippen LogP contribution in [0.4, 0.5) is 0 Å². The molecule has 92 valence electrons. The van der Waals surface area contributed by atoms with Gasteiger partial charge in [0.1, 0.15) is 5.75 Å². The summed E-state index contributed by atoms with van der Waals surface area (Å²) in [5, 5.41) is 9.17. The van der Waals surface area contributed by atoms with Gasteiger partial charge in [-0.3, -0.25) is 4.79 Å². The molecule has 1 aromatic rings. The monoisotopic (exact) mass is 235 g/mol. The maximum atomic E-state index is 12.0. The van der Waals surface area contributed by atoms with E-state index < -0.39 is 0 Å². The molecular formula is C13H17NO3. The molecule has 4 nitrogen and oxygen atoms in total. The largest absolute Gasteiger partial charge is 0.494 e. The van der Waals surface area contributed by atoms with Gasteiger partial charge >= 0.3 is 0 Å². The molecule has 1 aromatic carbocycles. The maximum Gasteiger partial charge on any atom is 0.254 e. The van der Waals surface area contributed by atoms with Gasteiger partial charge in [0, 0.05) is 18.7 Å². The smallest absolute Gasteiger partial charge is 0.254 e. The fourth-order valence-electron chi connectivity index (χ4n) is 1.74. The van der Waals surface area contributed by atoms with Crippen molar-refractivity contribution in [1.29, 1.82) is 0 Å². The highest BCUT2D eigenvalue weighted by atomic mass is 16.5. The van der Waals surface area contributed by atoms with Crippen molar-refractivity contribution in [1.82, 2.24) is 4.90 Å². The summed E-state index contributed by atoms with van der Waals surface area (Å²) in [5.41, 5.74) is 0.616. The zero-order valence-corrected chi connectivity index (χ0v) is 9.93. The Morgan fingerprint density at radius 2 is 2.29 bits per heavy atom. The van der Waals surface area contributed by atoms with Gasteiger partial charge in [-0.2, -0.15) is 0 Å². The van der Waals surface area contributed by atoms with E-state index in [4.69, 9.17) is 9.84 Å². The predicted octanol–water partition coefficient (Wildman–Crippen LogP) is 1.29. The molecule has 0 bridgehead atoms. The van der Waals surface area contributed by atoms with Gasteiger partial charge in [0.2, 0.25) is 0 Å². The number of ether oxygens (including phenoxy) is 1. The van der Waals surface area contributed by atoms with Crippen molar-refractivity contribution in [2.24, 2.45) is 0 Å². The third-order valence-electron chi connectivity index (χ3n) is 2.70. The summed E-state index contributed by atoms with van der Waals surface area (Å²) < 4.78 is 5.48. The van der Waals surface area contributed by atoms with Crippen molar-refractivity contribution < 1.29 is 14.6 Å². The van der Waals surface area contributed by atoms with E-state index in [2.05, 4.69) is 0 Å². The molecule has 4 heteroatoms. The Kier molecular flexibility index (Phi) is 3.64. The second kappa shape index (κ2) is 5.19. The molecule has 17 heavy (non-hydrogen) atoms. The molecular weight excluding hydrogens is 218 g/mol. The fraction of sp³-hybridized carbons (Fsp3) is 0.462. The second-order valence-corrected chi connectivity index (χ2v) is 4.24. The average molecular weight is 235 g/mol. The molecule has 0 spiro atoms. The minimum Gasteiger partial charge on any atom is -0.494 e. The summed E-state index contributed by atoms with van der Waals surface area (Å²) in [4.78, 5) is 13.6. The predicted molar refractivity (Wildman–Crippen MR) is 64.1 cm³/mol. The molecule has 0 aromatic heterocycles. The number of hydrogen-bond acceptors (Lipinski definition) is 3. The van der Waals surface area contributed by atoms with E-state index in [1.54, 1.807) is 17.0 Å². The number of rotatable bonds is 4. The number of aliphatic hydroxyl groups excluding tert-OH is 1. The number of nitrogens with zero attached hydrogens (tertiary/aromatic N) is 1. The van der Waals surface area contributed by atoms with Gasteiger partial charge in [-0.25, -0.2) is 0 Å². The average Bonchev–Trinajstić information content (AvgIpc) is 2.32. The number of aliphatic hydroxyl groups is 1. The van der Waals surface area contributed by atoms with E-state index in [1.807, 2.05) is 19.1 Å². The molecule has 0 radical (unpaired) electrons. The standard InChI is InChI=1S/C13H17NO3/c1-2-6-17-12-5-3-4-10(7-12)13(16)14-8-11(15)9-14/h3-5,7,11,15H,2,6,8-9H2,1H3. The summed E-state index contributed by atoms with van der Waals surface area (Å²) in [7, 11) is 0. The zero-order chi connectivity index (χ0) is 12.3. The van der Waals surface area contributed by atoms with Crippen LogP contribution in [0.1, 0.15) is 23.7 Å². The number of carbonyl (C=O) groups excluding carboxylic acids is 1. The first kappa shape index (κ1) is 11.9. The van der Waals surface area contributed by atoms with Crippen LogP contribution >= 0.6 is 0 Å². The van der Waals surface area contributed by atoms with Crippen LogP contribution in [0.15, 0.2) is 24.3 Å². The highest BCUT2D eigenvalue weighted by Crippen LogP contribution is 2.18. The Hall–Kier alpha value is -1.55. The second-order valence-electron chi connectivity index (χ2n) is 4.24. The van der Waals surface area contributed by atoms with Crippen LogP contribution in [0.25, 0.3) is 0 Å². The first-order chi connectivity index (χ1) is 8.20. The molecule has 0 unspecified atom stereocenters. The third kappa shape index (κ3) is 2.77. The Morgan fingerprint density at radius 3 is 2.94 bits per heavy atom. The Morgan fingerprint density at radius 1 is 1.53 bits per heavy atom. The van der Waals surface area contributed by atoms with E-state index in [9.17, 15) is 4.79 Å².